The maximum Gasteiger partial charge on any atom is 0.251 e. The Kier molecular flexibility index (Phi) is 5.55. The lowest BCUT2D eigenvalue weighted by Crippen LogP contribution is -2.27. The fourth-order valence-electron chi connectivity index (χ4n) is 1.97. The molecule has 22 heavy (non-hydrogen) atoms. The molecule has 1 aromatic rings. The van der Waals surface area contributed by atoms with Crippen molar-refractivity contribution in [2.45, 2.75) is 30.2 Å². The van der Waals surface area contributed by atoms with Crippen LogP contribution in [0.5, 0.6) is 0 Å². The fourth-order valence-corrected chi connectivity index (χ4v) is 3.28. The van der Waals surface area contributed by atoms with Crippen molar-refractivity contribution in [2.75, 3.05) is 27.2 Å². The Morgan fingerprint density at radius 1 is 1.23 bits per heavy atom. The van der Waals surface area contributed by atoms with E-state index in [0.29, 0.717) is 12.1 Å². The monoisotopic (exact) mass is 325 g/mol. The summed E-state index contributed by atoms with van der Waals surface area (Å²) in [6.07, 6.45) is 2.66. The second kappa shape index (κ2) is 7.21. The number of nitrogens with one attached hydrogen (secondary N) is 2. The lowest BCUT2D eigenvalue weighted by molar-refractivity contribution is 0.0952. The summed E-state index contributed by atoms with van der Waals surface area (Å²) in [4.78, 5) is 14.2. The third-order valence-electron chi connectivity index (χ3n) is 3.39. The predicted octanol–water partition coefficient (Wildman–Crippen LogP) is 0.809. The predicted molar refractivity (Wildman–Crippen MR) is 85.3 cm³/mol. The van der Waals surface area contributed by atoms with E-state index in [1.165, 1.54) is 12.1 Å². The molecule has 0 radical (unpaired) electrons. The van der Waals surface area contributed by atoms with Crippen molar-refractivity contribution in [1.82, 2.24) is 14.9 Å². The van der Waals surface area contributed by atoms with E-state index in [0.717, 1.165) is 25.8 Å². The normalized spacial score (nSPS) is 15.0. The molecule has 2 N–H and O–H groups in total. The van der Waals surface area contributed by atoms with Gasteiger partial charge in [0.2, 0.25) is 10.0 Å². The minimum Gasteiger partial charge on any atom is -0.352 e. The molecule has 2 rings (SSSR count). The van der Waals surface area contributed by atoms with Crippen molar-refractivity contribution >= 4 is 15.9 Å². The largest absolute Gasteiger partial charge is 0.352 e. The van der Waals surface area contributed by atoms with Gasteiger partial charge in [0, 0.05) is 18.2 Å². The van der Waals surface area contributed by atoms with Crippen molar-refractivity contribution in [3.63, 3.8) is 0 Å². The van der Waals surface area contributed by atoms with Gasteiger partial charge in [-0.15, -0.1) is 0 Å². The molecule has 1 aliphatic rings. The molecule has 1 saturated carbocycles. The fraction of sp³-hybridized carbons (Fsp3) is 0.533. The Hall–Kier alpha value is -1.44. The standard InChI is InChI=1S/C15H23N3O3S/c1-18(2)11-3-10-16-15(19)12-4-8-14(9-5-12)22(20,21)17-13-6-7-13/h4-5,8-9,13,17H,3,6-7,10-11H2,1-2H3,(H,16,19). The molecule has 0 heterocycles. The maximum atomic E-state index is 12.0. The van der Waals surface area contributed by atoms with Crippen molar-refractivity contribution in [2.24, 2.45) is 0 Å². The summed E-state index contributed by atoms with van der Waals surface area (Å²) in [7, 11) is 0.508. The first-order valence-electron chi connectivity index (χ1n) is 7.44. The average Bonchev–Trinajstić information content (AvgIpc) is 3.26. The molecule has 7 heteroatoms. The van der Waals surface area contributed by atoms with Crippen LogP contribution in [0.25, 0.3) is 0 Å². The zero-order valence-corrected chi connectivity index (χ0v) is 13.8. The van der Waals surface area contributed by atoms with E-state index in [1.807, 2.05) is 14.1 Å². The van der Waals surface area contributed by atoms with E-state index in [9.17, 15) is 13.2 Å². The molecule has 0 aliphatic heterocycles. The maximum absolute atomic E-state index is 12.0. The van der Waals surface area contributed by atoms with Gasteiger partial charge in [0.15, 0.2) is 0 Å². The van der Waals surface area contributed by atoms with Crippen LogP contribution in [-0.4, -0.2) is 52.5 Å². The zero-order valence-electron chi connectivity index (χ0n) is 13.0. The highest BCUT2D eigenvalue weighted by Crippen LogP contribution is 2.22. The molecule has 6 nitrogen and oxygen atoms in total. The van der Waals surface area contributed by atoms with Crippen LogP contribution < -0.4 is 10.0 Å². The summed E-state index contributed by atoms with van der Waals surface area (Å²) in [5.74, 6) is -0.183. The number of sulfonamides is 1. The summed E-state index contributed by atoms with van der Waals surface area (Å²) in [5, 5.41) is 2.82. The highest BCUT2D eigenvalue weighted by atomic mass is 32.2. The molecule has 122 valence electrons. The topological polar surface area (TPSA) is 78.5 Å². The van der Waals surface area contributed by atoms with Crippen molar-refractivity contribution < 1.29 is 13.2 Å². The second-order valence-corrected chi connectivity index (χ2v) is 7.55. The SMILES string of the molecule is CN(C)CCCNC(=O)c1ccc(S(=O)(=O)NC2CC2)cc1. The van der Waals surface area contributed by atoms with E-state index in [1.54, 1.807) is 12.1 Å². The van der Waals surface area contributed by atoms with Crippen molar-refractivity contribution in [1.29, 1.82) is 0 Å². The smallest absolute Gasteiger partial charge is 0.251 e. The highest BCUT2D eigenvalue weighted by Gasteiger charge is 2.27. The second-order valence-electron chi connectivity index (χ2n) is 5.83. The molecule has 1 aromatic carbocycles. The third-order valence-corrected chi connectivity index (χ3v) is 4.93. The summed E-state index contributed by atoms with van der Waals surface area (Å²) >= 11 is 0. The molecular formula is C15H23N3O3S. The van der Waals surface area contributed by atoms with Gasteiger partial charge in [0.1, 0.15) is 0 Å². The number of nitrogens with zero attached hydrogens (tertiary/aromatic N) is 1. The number of carbonyl (C=O) groups is 1. The lowest BCUT2D eigenvalue weighted by Gasteiger charge is -2.10. The van der Waals surface area contributed by atoms with Gasteiger partial charge in [0.25, 0.3) is 5.91 Å². The molecular weight excluding hydrogens is 302 g/mol. The Morgan fingerprint density at radius 2 is 1.86 bits per heavy atom. The van der Waals surface area contributed by atoms with Crippen LogP contribution in [0.4, 0.5) is 0 Å². The Labute approximate surface area is 131 Å². The molecule has 1 fully saturated rings. The van der Waals surface area contributed by atoms with E-state index >= 15 is 0 Å². The van der Waals surface area contributed by atoms with Crippen LogP contribution in [0.15, 0.2) is 29.2 Å². The third kappa shape index (κ3) is 5.08. The van der Waals surface area contributed by atoms with Crippen LogP contribution in [-0.2, 0) is 10.0 Å². The molecule has 0 spiro atoms. The lowest BCUT2D eigenvalue weighted by atomic mass is 10.2. The quantitative estimate of drug-likeness (QED) is 0.693. The first kappa shape index (κ1) is 16.9. The number of carbonyl (C=O) groups excluding carboxylic acids is 1. The number of hydrogen-bond donors (Lipinski definition) is 2. The number of hydrogen-bond acceptors (Lipinski definition) is 4. The average molecular weight is 325 g/mol. The van der Waals surface area contributed by atoms with Crippen LogP contribution in [0.2, 0.25) is 0 Å². The van der Waals surface area contributed by atoms with Gasteiger partial charge in [-0.3, -0.25) is 4.79 Å². The number of rotatable bonds is 8. The first-order valence-corrected chi connectivity index (χ1v) is 8.92. The minimum absolute atomic E-state index is 0.0738. The Morgan fingerprint density at radius 3 is 2.41 bits per heavy atom. The summed E-state index contributed by atoms with van der Waals surface area (Å²) in [6, 6.07) is 6.11. The molecule has 0 bridgehead atoms. The zero-order chi connectivity index (χ0) is 16.2. The van der Waals surface area contributed by atoms with E-state index in [2.05, 4.69) is 14.9 Å². The molecule has 0 aromatic heterocycles. The van der Waals surface area contributed by atoms with Crippen molar-refractivity contribution in [3.8, 4) is 0 Å². The summed E-state index contributed by atoms with van der Waals surface area (Å²) < 4.78 is 26.7. The van der Waals surface area contributed by atoms with Crippen molar-refractivity contribution in [3.05, 3.63) is 29.8 Å². The van der Waals surface area contributed by atoms with Crippen LogP contribution in [0.1, 0.15) is 29.6 Å². The van der Waals surface area contributed by atoms with Gasteiger partial charge in [0.05, 0.1) is 4.90 Å². The van der Waals surface area contributed by atoms with Crippen LogP contribution in [0.3, 0.4) is 0 Å². The number of amides is 1. The summed E-state index contributed by atoms with van der Waals surface area (Å²) in [5.41, 5.74) is 0.468. The van der Waals surface area contributed by atoms with Crippen LogP contribution in [0, 0.1) is 0 Å². The molecule has 0 atom stereocenters. The van der Waals surface area contributed by atoms with Gasteiger partial charge < -0.3 is 10.2 Å². The summed E-state index contributed by atoms with van der Waals surface area (Å²) in [6.45, 7) is 1.50. The van der Waals surface area contributed by atoms with E-state index in [-0.39, 0.29) is 16.8 Å². The molecule has 1 aliphatic carbocycles. The molecule has 0 saturated heterocycles. The van der Waals surface area contributed by atoms with Gasteiger partial charge in [-0.05, 0) is 64.2 Å². The molecule has 0 unspecified atom stereocenters. The van der Waals surface area contributed by atoms with E-state index in [4.69, 9.17) is 0 Å². The first-order chi connectivity index (χ1) is 10.4. The van der Waals surface area contributed by atoms with E-state index < -0.39 is 10.0 Å². The Balaban J connectivity index is 1.89. The van der Waals surface area contributed by atoms with Gasteiger partial charge in [-0.25, -0.2) is 13.1 Å². The van der Waals surface area contributed by atoms with Gasteiger partial charge in [-0.2, -0.15) is 0 Å². The van der Waals surface area contributed by atoms with Gasteiger partial charge in [-0.1, -0.05) is 0 Å². The highest BCUT2D eigenvalue weighted by molar-refractivity contribution is 7.89. The Bertz CT molecular complexity index is 607. The van der Waals surface area contributed by atoms with Crippen LogP contribution >= 0.6 is 0 Å². The minimum atomic E-state index is -3.46. The molecule has 1 amide bonds. The number of benzene rings is 1. The van der Waals surface area contributed by atoms with Gasteiger partial charge >= 0.3 is 0 Å².